The van der Waals surface area contributed by atoms with Gasteiger partial charge in [0, 0.05) is 19.2 Å². The lowest BCUT2D eigenvalue weighted by atomic mass is 10.1. The molecule has 0 saturated carbocycles. The first-order valence-corrected chi connectivity index (χ1v) is 6.03. The number of nitrogens with two attached hydrogens (primary N) is 1. The second kappa shape index (κ2) is 5.18. The maximum atomic E-state index is 11.3. The SMILES string of the molecule is CCN(CC(C)CN)c1cc2n[nH]c(=O)n2cn1. The highest BCUT2D eigenvalue weighted by Gasteiger charge is 2.11. The van der Waals surface area contributed by atoms with Crippen molar-refractivity contribution >= 4 is 11.5 Å². The normalized spacial score (nSPS) is 12.8. The number of rotatable bonds is 5. The highest BCUT2D eigenvalue weighted by molar-refractivity contribution is 5.50. The molecule has 2 aromatic rings. The van der Waals surface area contributed by atoms with Crippen LogP contribution in [0, 0.1) is 5.92 Å². The van der Waals surface area contributed by atoms with E-state index in [4.69, 9.17) is 5.73 Å². The van der Waals surface area contributed by atoms with Crippen molar-refractivity contribution in [3.05, 3.63) is 22.9 Å². The monoisotopic (exact) mass is 250 g/mol. The van der Waals surface area contributed by atoms with Crippen LogP contribution in [0.2, 0.25) is 0 Å². The minimum absolute atomic E-state index is 0.276. The summed E-state index contributed by atoms with van der Waals surface area (Å²) in [5.74, 6) is 1.20. The fraction of sp³-hybridized carbons (Fsp3) is 0.545. The standard InChI is InChI=1S/C11H18N6O/c1-3-16(6-8(2)5-12)9-4-10-14-15-11(18)17(10)7-13-9/h4,7-8H,3,5-6,12H2,1-2H3,(H,15,18). The van der Waals surface area contributed by atoms with Gasteiger partial charge in [-0.15, -0.1) is 0 Å². The third kappa shape index (κ3) is 2.35. The Morgan fingerprint density at radius 2 is 2.39 bits per heavy atom. The zero-order valence-corrected chi connectivity index (χ0v) is 10.6. The Bertz CT molecular complexity index is 574. The lowest BCUT2D eigenvalue weighted by Crippen LogP contribution is -2.32. The van der Waals surface area contributed by atoms with E-state index in [1.165, 1.54) is 10.7 Å². The summed E-state index contributed by atoms with van der Waals surface area (Å²) in [4.78, 5) is 17.7. The van der Waals surface area contributed by atoms with Crippen molar-refractivity contribution in [1.29, 1.82) is 0 Å². The minimum Gasteiger partial charge on any atom is -0.356 e. The van der Waals surface area contributed by atoms with E-state index in [-0.39, 0.29) is 5.69 Å². The average molecular weight is 250 g/mol. The Morgan fingerprint density at radius 3 is 3.06 bits per heavy atom. The van der Waals surface area contributed by atoms with E-state index in [9.17, 15) is 4.79 Å². The second-order valence-corrected chi connectivity index (χ2v) is 4.38. The summed E-state index contributed by atoms with van der Waals surface area (Å²) in [6.45, 7) is 6.47. The number of nitrogens with zero attached hydrogens (tertiary/aromatic N) is 4. The quantitative estimate of drug-likeness (QED) is 0.769. The van der Waals surface area contributed by atoms with Crippen molar-refractivity contribution in [2.24, 2.45) is 11.7 Å². The largest absolute Gasteiger partial charge is 0.356 e. The lowest BCUT2D eigenvalue weighted by Gasteiger charge is -2.24. The molecule has 98 valence electrons. The van der Waals surface area contributed by atoms with Gasteiger partial charge in [-0.2, -0.15) is 5.10 Å². The molecule has 2 heterocycles. The number of fused-ring (bicyclic) bond motifs is 1. The summed E-state index contributed by atoms with van der Waals surface area (Å²) in [6, 6.07) is 1.80. The number of H-pyrrole nitrogens is 1. The van der Waals surface area contributed by atoms with E-state index < -0.39 is 0 Å². The molecule has 0 fully saturated rings. The van der Waals surface area contributed by atoms with Crippen molar-refractivity contribution in [2.45, 2.75) is 13.8 Å². The molecular formula is C11H18N6O. The Hall–Kier alpha value is -1.89. The van der Waals surface area contributed by atoms with Crippen LogP contribution in [0.4, 0.5) is 5.82 Å². The van der Waals surface area contributed by atoms with E-state index in [0.29, 0.717) is 18.1 Å². The van der Waals surface area contributed by atoms with Gasteiger partial charge in [-0.1, -0.05) is 6.92 Å². The molecule has 0 radical (unpaired) electrons. The van der Waals surface area contributed by atoms with E-state index in [2.05, 4.69) is 33.9 Å². The first-order valence-electron chi connectivity index (χ1n) is 6.03. The van der Waals surface area contributed by atoms with Crippen LogP contribution in [-0.4, -0.2) is 39.2 Å². The van der Waals surface area contributed by atoms with Crippen molar-refractivity contribution in [3.8, 4) is 0 Å². The van der Waals surface area contributed by atoms with Gasteiger partial charge in [0.15, 0.2) is 5.65 Å². The van der Waals surface area contributed by atoms with E-state index in [1.807, 2.05) is 0 Å². The summed E-state index contributed by atoms with van der Waals surface area (Å²) in [7, 11) is 0. The summed E-state index contributed by atoms with van der Waals surface area (Å²) in [6.07, 6.45) is 1.49. The summed E-state index contributed by atoms with van der Waals surface area (Å²) in [5, 5.41) is 6.32. The fourth-order valence-corrected chi connectivity index (χ4v) is 1.81. The molecule has 0 aliphatic heterocycles. The molecule has 3 N–H and O–H groups in total. The minimum atomic E-state index is -0.276. The zero-order valence-electron chi connectivity index (χ0n) is 10.6. The van der Waals surface area contributed by atoms with Crippen LogP contribution < -0.4 is 16.3 Å². The van der Waals surface area contributed by atoms with Crippen molar-refractivity contribution in [1.82, 2.24) is 19.6 Å². The maximum absolute atomic E-state index is 11.3. The van der Waals surface area contributed by atoms with Gasteiger partial charge in [0.1, 0.15) is 12.1 Å². The Balaban J connectivity index is 2.30. The molecule has 0 bridgehead atoms. The third-order valence-electron chi connectivity index (χ3n) is 2.94. The molecular weight excluding hydrogens is 232 g/mol. The van der Waals surface area contributed by atoms with Gasteiger partial charge in [0.05, 0.1) is 0 Å². The molecule has 0 amide bonds. The van der Waals surface area contributed by atoms with Crippen molar-refractivity contribution in [3.63, 3.8) is 0 Å². The smallest absolute Gasteiger partial charge is 0.348 e. The van der Waals surface area contributed by atoms with Crippen LogP contribution in [0.25, 0.3) is 5.65 Å². The maximum Gasteiger partial charge on any atom is 0.348 e. The molecule has 18 heavy (non-hydrogen) atoms. The molecule has 1 unspecified atom stereocenters. The van der Waals surface area contributed by atoms with Crippen molar-refractivity contribution in [2.75, 3.05) is 24.5 Å². The Kier molecular flexibility index (Phi) is 3.61. The number of aromatic nitrogens is 4. The third-order valence-corrected chi connectivity index (χ3v) is 2.94. The van der Waals surface area contributed by atoms with E-state index >= 15 is 0 Å². The van der Waals surface area contributed by atoms with E-state index in [0.717, 1.165) is 18.9 Å². The van der Waals surface area contributed by atoms with Crippen LogP contribution in [-0.2, 0) is 0 Å². The average Bonchev–Trinajstić information content (AvgIpc) is 2.76. The number of nitrogens with one attached hydrogen (secondary N) is 1. The van der Waals surface area contributed by atoms with Gasteiger partial charge in [-0.3, -0.25) is 0 Å². The van der Waals surface area contributed by atoms with E-state index in [1.54, 1.807) is 6.07 Å². The summed E-state index contributed by atoms with van der Waals surface area (Å²) in [5.41, 5.74) is 5.93. The van der Waals surface area contributed by atoms with Gasteiger partial charge in [0.2, 0.25) is 0 Å². The predicted octanol–water partition coefficient (Wildman–Crippen LogP) is -0.161. The van der Waals surface area contributed by atoms with Gasteiger partial charge in [-0.25, -0.2) is 19.3 Å². The van der Waals surface area contributed by atoms with Crippen LogP contribution in [0.5, 0.6) is 0 Å². The number of hydrogen-bond acceptors (Lipinski definition) is 5. The van der Waals surface area contributed by atoms with Gasteiger partial charge < -0.3 is 10.6 Å². The second-order valence-electron chi connectivity index (χ2n) is 4.38. The molecule has 0 aromatic carbocycles. The van der Waals surface area contributed by atoms with Crippen LogP contribution in [0.3, 0.4) is 0 Å². The molecule has 2 aromatic heterocycles. The summed E-state index contributed by atoms with van der Waals surface area (Å²) >= 11 is 0. The van der Waals surface area contributed by atoms with Crippen molar-refractivity contribution < 1.29 is 0 Å². The Labute approximate surface area is 105 Å². The van der Waals surface area contributed by atoms with Crippen LogP contribution in [0.15, 0.2) is 17.2 Å². The number of hydrogen-bond donors (Lipinski definition) is 2. The molecule has 0 aliphatic rings. The zero-order chi connectivity index (χ0) is 13.1. The Morgan fingerprint density at radius 1 is 1.61 bits per heavy atom. The highest BCUT2D eigenvalue weighted by atomic mass is 16.1. The molecule has 1 atom stereocenters. The van der Waals surface area contributed by atoms with Gasteiger partial charge in [-0.05, 0) is 19.4 Å². The van der Waals surface area contributed by atoms with Crippen LogP contribution >= 0.6 is 0 Å². The molecule has 0 saturated heterocycles. The first-order chi connectivity index (χ1) is 8.65. The predicted molar refractivity (Wildman–Crippen MR) is 69.7 cm³/mol. The van der Waals surface area contributed by atoms with Gasteiger partial charge in [0.25, 0.3) is 0 Å². The first kappa shape index (κ1) is 12.6. The molecule has 7 heteroatoms. The molecule has 0 aliphatic carbocycles. The number of anilines is 1. The highest BCUT2D eigenvalue weighted by Crippen LogP contribution is 2.12. The number of aromatic amines is 1. The summed E-state index contributed by atoms with van der Waals surface area (Å²) < 4.78 is 1.38. The lowest BCUT2D eigenvalue weighted by molar-refractivity contribution is 0.572. The fourth-order valence-electron chi connectivity index (χ4n) is 1.81. The molecule has 0 spiro atoms. The molecule has 7 nitrogen and oxygen atoms in total. The van der Waals surface area contributed by atoms with Gasteiger partial charge >= 0.3 is 5.69 Å². The van der Waals surface area contributed by atoms with Crippen LogP contribution in [0.1, 0.15) is 13.8 Å². The topological polar surface area (TPSA) is 92.3 Å². The molecule has 2 rings (SSSR count).